The summed E-state index contributed by atoms with van der Waals surface area (Å²) in [6.07, 6.45) is 3.67. The lowest BCUT2D eigenvalue weighted by atomic mass is 9.97. The number of aromatic amines is 1. The Kier molecular flexibility index (Phi) is 2.58. The fourth-order valence-corrected chi connectivity index (χ4v) is 1.93. The number of imidazole rings is 1. The van der Waals surface area contributed by atoms with Crippen LogP contribution in [0.25, 0.3) is 0 Å². The number of rotatable bonds is 2. The third-order valence-corrected chi connectivity index (χ3v) is 2.67. The van der Waals surface area contributed by atoms with Gasteiger partial charge >= 0.3 is 0 Å². The fraction of sp³-hybridized carbons (Fsp3) is 0.308. The van der Waals surface area contributed by atoms with Gasteiger partial charge in [-0.15, -0.1) is 0 Å². The molecule has 2 heteroatoms. The minimum absolute atomic E-state index is 0.332. The summed E-state index contributed by atoms with van der Waals surface area (Å²) in [4.78, 5) is 7.46. The molecule has 0 amide bonds. The van der Waals surface area contributed by atoms with Crippen molar-refractivity contribution in [2.24, 2.45) is 0 Å². The molecule has 0 aliphatic heterocycles. The van der Waals surface area contributed by atoms with Crippen LogP contribution in [0, 0.1) is 13.8 Å². The topological polar surface area (TPSA) is 28.7 Å². The molecule has 0 unspecified atom stereocenters. The van der Waals surface area contributed by atoms with Crippen molar-refractivity contribution in [1.82, 2.24) is 9.97 Å². The summed E-state index contributed by atoms with van der Waals surface area (Å²) in [5.74, 6) is 1.36. The Morgan fingerprint density at radius 3 is 2.33 bits per heavy atom. The number of nitrogens with one attached hydrogen (secondary N) is 1. The normalized spacial score (nSPS) is 12.7. The highest BCUT2D eigenvalue weighted by Crippen LogP contribution is 2.22. The molecule has 0 aliphatic rings. The molecule has 2 nitrogen and oxygen atoms in total. The van der Waals surface area contributed by atoms with Gasteiger partial charge in [0.05, 0.1) is 0 Å². The predicted molar refractivity (Wildman–Crippen MR) is 62.0 cm³/mol. The average molecular weight is 200 g/mol. The van der Waals surface area contributed by atoms with Gasteiger partial charge in [-0.3, -0.25) is 0 Å². The molecule has 15 heavy (non-hydrogen) atoms. The molecule has 0 bridgehead atoms. The smallest absolute Gasteiger partial charge is 0.113 e. The molecular weight excluding hydrogens is 184 g/mol. The maximum atomic E-state index is 4.30. The second kappa shape index (κ2) is 3.89. The summed E-state index contributed by atoms with van der Waals surface area (Å²) in [5.41, 5.74) is 3.94. The van der Waals surface area contributed by atoms with E-state index in [4.69, 9.17) is 0 Å². The highest BCUT2D eigenvalue weighted by atomic mass is 14.9. The van der Waals surface area contributed by atoms with Crippen LogP contribution in [0.5, 0.6) is 0 Å². The SMILES string of the molecule is Cc1cc(C)cc([C@H](C)c2ncc[nH]2)c1. The van der Waals surface area contributed by atoms with Crippen LogP contribution in [0.4, 0.5) is 0 Å². The molecule has 2 rings (SSSR count). The predicted octanol–water partition coefficient (Wildman–Crippen LogP) is 3.18. The van der Waals surface area contributed by atoms with Crippen LogP contribution in [-0.2, 0) is 0 Å². The van der Waals surface area contributed by atoms with Crippen molar-refractivity contribution in [2.45, 2.75) is 26.7 Å². The average Bonchev–Trinajstić information content (AvgIpc) is 2.67. The van der Waals surface area contributed by atoms with E-state index in [1.54, 1.807) is 6.20 Å². The van der Waals surface area contributed by atoms with E-state index in [0.717, 1.165) is 5.82 Å². The Labute approximate surface area is 90.4 Å². The van der Waals surface area contributed by atoms with Gasteiger partial charge in [0.2, 0.25) is 0 Å². The minimum atomic E-state index is 0.332. The molecule has 0 aliphatic carbocycles. The van der Waals surface area contributed by atoms with Crippen LogP contribution in [0.2, 0.25) is 0 Å². The molecule has 0 spiro atoms. The molecule has 0 saturated carbocycles. The zero-order valence-corrected chi connectivity index (χ0v) is 9.41. The van der Waals surface area contributed by atoms with Crippen molar-refractivity contribution >= 4 is 0 Å². The van der Waals surface area contributed by atoms with Crippen molar-refractivity contribution in [2.75, 3.05) is 0 Å². The molecule has 1 aromatic carbocycles. The van der Waals surface area contributed by atoms with Crippen LogP contribution in [-0.4, -0.2) is 9.97 Å². The summed E-state index contributed by atoms with van der Waals surface area (Å²) in [6.45, 7) is 6.43. The molecular formula is C13H16N2. The van der Waals surface area contributed by atoms with Crippen molar-refractivity contribution < 1.29 is 0 Å². The van der Waals surface area contributed by atoms with Crippen LogP contribution in [0.15, 0.2) is 30.6 Å². The monoisotopic (exact) mass is 200 g/mol. The van der Waals surface area contributed by atoms with Crippen LogP contribution in [0.3, 0.4) is 0 Å². The van der Waals surface area contributed by atoms with E-state index in [1.807, 2.05) is 6.20 Å². The van der Waals surface area contributed by atoms with Crippen LogP contribution >= 0.6 is 0 Å². The molecule has 0 radical (unpaired) electrons. The number of hydrogen-bond acceptors (Lipinski definition) is 1. The maximum absolute atomic E-state index is 4.30. The second-order valence-electron chi connectivity index (χ2n) is 4.12. The van der Waals surface area contributed by atoms with E-state index in [9.17, 15) is 0 Å². The van der Waals surface area contributed by atoms with E-state index >= 15 is 0 Å². The van der Waals surface area contributed by atoms with E-state index in [-0.39, 0.29) is 0 Å². The Morgan fingerprint density at radius 2 is 1.80 bits per heavy atom. The Hall–Kier alpha value is -1.57. The highest BCUT2D eigenvalue weighted by Gasteiger charge is 2.10. The summed E-state index contributed by atoms with van der Waals surface area (Å²) in [5, 5.41) is 0. The van der Waals surface area contributed by atoms with Crippen LogP contribution < -0.4 is 0 Å². The molecule has 1 atom stereocenters. The standard InChI is InChI=1S/C13H16N2/c1-9-6-10(2)8-12(7-9)11(3)13-14-4-5-15-13/h4-8,11H,1-3H3,(H,14,15)/t11-/m0/s1. The highest BCUT2D eigenvalue weighted by molar-refractivity contribution is 5.33. The van der Waals surface area contributed by atoms with Crippen molar-refractivity contribution in [3.63, 3.8) is 0 Å². The summed E-state index contributed by atoms with van der Waals surface area (Å²) in [6, 6.07) is 6.64. The first kappa shape index (κ1) is 9.97. The molecule has 0 saturated heterocycles. The van der Waals surface area contributed by atoms with Gasteiger partial charge in [0.15, 0.2) is 0 Å². The van der Waals surface area contributed by atoms with Crippen LogP contribution in [0.1, 0.15) is 35.4 Å². The largest absolute Gasteiger partial charge is 0.348 e. The first-order valence-corrected chi connectivity index (χ1v) is 5.24. The van der Waals surface area contributed by atoms with Gasteiger partial charge in [-0.1, -0.05) is 36.2 Å². The summed E-state index contributed by atoms with van der Waals surface area (Å²) in [7, 11) is 0. The van der Waals surface area contributed by atoms with E-state index in [0.29, 0.717) is 5.92 Å². The molecule has 1 heterocycles. The molecule has 2 aromatic rings. The Bertz CT molecular complexity index is 423. The summed E-state index contributed by atoms with van der Waals surface area (Å²) < 4.78 is 0. The van der Waals surface area contributed by atoms with Crippen molar-refractivity contribution in [3.05, 3.63) is 53.1 Å². The first-order chi connectivity index (χ1) is 7.16. The number of nitrogens with zero attached hydrogens (tertiary/aromatic N) is 1. The number of aryl methyl sites for hydroxylation is 2. The fourth-order valence-electron chi connectivity index (χ4n) is 1.93. The molecule has 78 valence electrons. The molecule has 1 aromatic heterocycles. The van der Waals surface area contributed by atoms with Gasteiger partial charge < -0.3 is 4.98 Å². The maximum Gasteiger partial charge on any atom is 0.113 e. The number of H-pyrrole nitrogens is 1. The Balaban J connectivity index is 2.37. The quantitative estimate of drug-likeness (QED) is 0.792. The van der Waals surface area contributed by atoms with Gasteiger partial charge in [0, 0.05) is 18.3 Å². The lowest BCUT2D eigenvalue weighted by Crippen LogP contribution is -1.99. The lowest BCUT2D eigenvalue weighted by Gasteiger charge is -2.11. The Morgan fingerprint density at radius 1 is 1.13 bits per heavy atom. The van der Waals surface area contributed by atoms with E-state index < -0.39 is 0 Å². The number of benzene rings is 1. The second-order valence-corrected chi connectivity index (χ2v) is 4.12. The lowest BCUT2D eigenvalue weighted by molar-refractivity contribution is 0.837. The minimum Gasteiger partial charge on any atom is -0.348 e. The third kappa shape index (κ3) is 2.09. The zero-order valence-electron chi connectivity index (χ0n) is 9.41. The molecule has 1 N–H and O–H groups in total. The molecule has 0 fully saturated rings. The zero-order chi connectivity index (χ0) is 10.8. The first-order valence-electron chi connectivity index (χ1n) is 5.24. The number of aromatic nitrogens is 2. The van der Waals surface area contributed by atoms with Gasteiger partial charge in [-0.25, -0.2) is 4.98 Å². The van der Waals surface area contributed by atoms with E-state index in [2.05, 4.69) is 48.9 Å². The van der Waals surface area contributed by atoms with E-state index in [1.165, 1.54) is 16.7 Å². The van der Waals surface area contributed by atoms with Gasteiger partial charge in [-0.05, 0) is 19.4 Å². The van der Waals surface area contributed by atoms with Gasteiger partial charge in [0.1, 0.15) is 5.82 Å². The van der Waals surface area contributed by atoms with Gasteiger partial charge in [-0.2, -0.15) is 0 Å². The van der Waals surface area contributed by atoms with Crippen molar-refractivity contribution in [1.29, 1.82) is 0 Å². The van der Waals surface area contributed by atoms with Crippen molar-refractivity contribution in [3.8, 4) is 0 Å². The third-order valence-electron chi connectivity index (χ3n) is 2.67. The summed E-state index contributed by atoms with van der Waals surface area (Å²) >= 11 is 0. The number of hydrogen-bond donors (Lipinski definition) is 1. The van der Waals surface area contributed by atoms with Gasteiger partial charge in [0.25, 0.3) is 0 Å².